The fraction of sp³-hybridized carbons (Fsp3) is 0.571. The molecule has 0 radical (unpaired) electrons. The summed E-state index contributed by atoms with van der Waals surface area (Å²) >= 11 is 0. The third kappa shape index (κ3) is 2.93. The topological polar surface area (TPSA) is 27.7 Å². The van der Waals surface area contributed by atoms with Crippen molar-refractivity contribution in [3.05, 3.63) is 24.3 Å². The largest absolute Gasteiger partial charge is 0.494 e. The molecular formula is C14H20BFO3. The van der Waals surface area contributed by atoms with E-state index >= 15 is 0 Å². The van der Waals surface area contributed by atoms with Crippen molar-refractivity contribution in [2.45, 2.75) is 38.9 Å². The molecule has 0 N–H and O–H groups in total. The summed E-state index contributed by atoms with van der Waals surface area (Å²) in [4.78, 5) is 0. The van der Waals surface area contributed by atoms with E-state index in [1.54, 1.807) is 6.07 Å². The number of hydrogen-bond donors (Lipinski definition) is 0. The Balaban J connectivity index is 2.15. The van der Waals surface area contributed by atoms with Crippen LogP contribution in [0.5, 0.6) is 5.75 Å². The third-order valence-corrected chi connectivity index (χ3v) is 3.73. The molecule has 0 saturated carbocycles. The Hall–Kier alpha value is -1.07. The molecule has 0 spiro atoms. The van der Waals surface area contributed by atoms with Crippen molar-refractivity contribution < 1.29 is 18.4 Å². The first kappa shape index (κ1) is 14.3. The molecule has 104 valence electrons. The Morgan fingerprint density at radius 3 is 2.37 bits per heavy atom. The third-order valence-electron chi connectivity index (χ3n) is 3.73. The summed E-state index contributed by atoms with van der Waals surface area (Å²) in [5, 5.41) is 0. The fourth-order valence-corrected chi connectivity index (χ4v) is 1.89. The Kier molecular flexibility index (Phi) is 3.88. The number of hydrogen-bond acceptors (Lipinski definition) is 3. The van der Waals surface area contributed by atoms with Gasteiger partial charge in [0.1, 0.15) is 19.0 Å². The Bertz CT molecular complexity index is 432. The molecule has 5 heteroatoms. The lowest BCUT2D eigenvalue weighted by molar-refractivity contribution is 0.00578. The molecule has 0 aromatic heterocycles. The smallest absolute Gasteiger partial charge is 0.491 e. The standard InChI is InChI=1S/C14H20BFO3/c1-13(2)14(3,4)19-15(18-13)11-6-5-7-12(10-11)17-9-8-16/h5-7,10H,8-9H2,1-4H3. The first-order valence-electron chi connectivity index (χ1n) is 6.50. The summed E-state index contributed by atoms with van der Waals surface area (Å²) in [6, 6.07) is 7.40. The summed E-state index contributed by atoms with van der Waals surface area (Å²) in [5.74, 6) is 0.630. The average molecular weight is 266 g/mol. The minimum absolute atomic E-state index is 0.0623. The molecule has 0 bridgehead atoms. The zero-order valence-electron chi connectivity index (χ0n) is 11.9. The van der Waals surface area contributed by atoms with Crippen molar-refractivity contribution in [1.82, 2.24) is 0 Å². The van der Waals surface area contributed by atoms with Crippen LogP contribution in [0.1, 0.15) is 27.7 Å². The van der Waals surface area contributed by atoms with E-state index < -0.39 is 13.8 Å². The van der Waals surface area contributed by atoms with Gasteiger partial charge in [-0.2, -0.15) is 0 Å². The molecule has 1 fully saturated rings. The van der Waals surface area contributed by atoms with Crippen molar-refractivity contribution in [2.24, 2.45) is 0 Å². The Morgan fingerprint density at radius 2 is 1.79 bits per heavy atom. The number of halogens is 1. The molecule has 19 heavy (non-hydrogen) atoms. The summed E-state index contributed by atoms with van der Waals surface area (Å²) in [5.41, 5.74) is 0.149. The first-order valence-corrected chi connectivity index (χ1v) is 6.50. The highest BCUT2D eigenvalue weighted by molar-refractivity contribution is 6.62. The van der Waals surface area contributed by atoms with Crippen LogP contribution in [0.2, 0.25) is 0 Å². The van der Waals surface area contributed by atoms with Crippen LogP contribution in [-0.2, 0) is 9.31 Å². The lowest BCUT2D eigenvalue weighted by Crippen LogP contribution is -2.41. The maximum atomic E-state index is 12.1. The van der Waals surface area contributed by atoms with Crippen LogP contribution in [-0.4, -0.2) is 31.6 Å². The molecule has 3 nitrogen and oxygen atoms in total. The number of rotatable bonds is 4. The van der Waals surface area contributed by atoms with Crippen LogP contribution >= 0.6 is 0 Å². The van der Waals surface area contributed by atoms with Crippen molar-refractivity contribution in [2.75, 3.05) is 13.3 Å². The molecule has 0 amide bonds. The van der Waals surface area contributed by atoms with Crippen molar-refractivity contribution >= 4 is 12.6 Å². The van der Waals surface area contributed by atoms with E-state index in [0.717, 1.165) is 5.46 Å². The van der Waals surface area contributed by atoms with E-state index in [0.29, 0.717) is 5.75 Å². The van der Waals surface area contributed by atoms with Gasteiger partial charge in [-0.1, -0.05) is 12.1 Å². The molecule has 1 aliphatic heterocycles. The van der Waals surface area contributed by atoms with Crippen molar-refractivity contribution in [3.63, 3.8) is 0 Å². The quantitative estimate of drug-likeness (QED) is 0.783. The molecule has 1 aromatic rings. The molecule has 0 atom stereocenters. The highest BCUT2D eigenvalue weighted by atomic mass is 19.1. The van der Waals surface area contributed by atoms with Crippen molar-refractivity contribution in [1.29, 1.82) is 0 Å². The molecule has 1 aliphatic rings. The normalized spacial score (nSPS) is 20.6. The maximum Gasteiger partial charge on any atom is 0.494 e. The lowest BCUT2D eigenvalue weighted by atomic mass is 9.79. The van der Waals surface area contributed by atoms with E-state index in [4.69, 9.17) is 14.0 Å². The van der Waals surface area contributed by atoms with E-state index in [9.17, 15) is 4.39 Å². The minimum Gasteiger partial charge on any atom is -0.491 e. The van der Waals surface area contributed by atoms with Gasteiger partial charge in [0.2, 0.25) is 0 Å². The second-order valence-electron chi connectivity index (χ2n) is 5.70. The SMILES string of the molecule is CC1(C)OB(c2cccc(OCCF)c2)OC1(C)C. The Labute approximate surface area is 114 Å². The van der Waals surface area contributed by atoms with Crippen LogP contribution in [0, 0.1) is 0 Å². The fourth-order valence-electron chi connectivity index (χ4n) is 1.89. The molecular weight excluding hydrogens is 246 g/mol. The van der Waals surface area contributed by atoms with Gasteiger partial charge in [-0.25, -0.2) is 4.39 Å². The van der Waals surface area contributed by atoms with Gasteiger partial charge in [-0.05, 0) is 45.3 Å². The van der Waals surface area contributed by atoms with Crippen molar-refractivity contribution in [3.8, 4) is 5.75 Å². The van der Waals surface area contributed by atoms with Gasteiger partial charge in [0.25, 0.3) is 0 Å². The average Bonchev–Trinajstić information content (AvgIpc) is 2.56. The molecule has 1 saturated heterocycles. The van der Waals surface area contributed by atoms with Crippen LogP contribution < -0.4 is 10.2 Å². The van der Waals surface area contributed by atoms with E-state index in [-0.39, 0.29) is 17.8 Å². The number of benzene rings is 1. The summed E-state index contributed by atoms with van der Waals surface area (Å²) in [6.07, 6.45) is 0. The van der Waals surface area contributed by atoms with E-state index in [2.05, 4.69) is 0 Å². The van der Waals surface area contributed by atoms with Gasteiger partial charge in [0.15, 0.2) is 0 Å². The summed E-state index contributed by atoms with van der Waals surface area (Å²) in [7, 11) is -0.418. The second kappa shape index (κ2) is 5.14. The summed E-state index contributed by atoms with van der Waals surface area (Å²) in [6.45, 7) is 7.60. The predicted octanol–water partition coefficient (Wildman–Crippen LogP) is 2.33. The van der Waals surface area contributed by atoms with Gasteiger partial charge in [-0.3, -0.25) is 0 Å². The molecule has 0 aliphatic carbocycles. The predicted molar refractivity (Wildman–Crippen MR) is 73.6 cm³/mol. The second-order valence-corrected chi connectivity index (χ2v) is 5.70. The molecule has 1 aromatic carbocycles. The van der Waals surface area contributed by atoms with Gasteiger partial charge >= 0.3 is 7.12 Å². The van der Waals surface area contributed by atoms with Crippen LogP contribution in [0.4, 0.5) is 4.39 Å². The van der Waals surface area contributed by atoms with Crippen LogP contribution in [0.15, 0.2) is 24.3 Å². The highest BCUT2D eigenvalue weighted by Crippen LogP contribution is 2.36. The minimum atomic E-state index is -0.499. The monoisotopic (exact) mass is 266 g/mol. The number of ether oxygens (including phenoxy) is 1. The molecule has 0 unspecified atom stereocenters. The van der Waals surface area contributed by atoms with Gasteiger partial charge in [0, 0.05) is 0 Å². The number of alkyl halides is 1. The van der Waals surface area contributed by atoms with E-state index in [1.165, 1.54) is 0 Å². The summed E-state index contributed by atoms with van der Waals surface area (Å²) < 4.78 is 29.3. The Morgan fingerprint density at radius 1 is 1.16 bits per heavy atom. The lowest BCUT2D eigenvalue weighted by Gasteiger charge is -2.32. The van der Waals surface area contributed by atoms with Gasteiger partial charge in [0.05, 0.1) is 11.2 Å². The van der Waals surface area contributed by atoms with Gasteiger partial charge < -0.3 is 14.0 Å². The maximum absolute atomic E-state index is 12.1. The highest BCUT2D eigenvalue weighted by Gasteiger charge is 2.51. The molecule has 2 rings (SSSR count). The van der Waals surface area contributed by atoms with Gasteiger partial charge in [-0.15, -0.1) is 0 Å². The first-order chi connectivity index (χ1) is 8.86. The zero-order chi connectivity index (χ0) is 14.1. The van der Waals surface area contributed by atoms with Crippen LogP contribution in [0.25, 0.3) is 0 Å². The molecule has 1 heterocycles. The van der Waals surface area contributed by atoms with E-state index in [1.807, 2.05) is 45.9 Å². The zero-order valence-corrected chi connectivity index (χ0v) is 11.9. The van der Waals surface area contributed by atoms with Crippen LogP contribution in [0.3, 0.4) is 0 Å².